The molecule has 0 bridgehead atoms. The first-order valence-corrected chi connectivity index (χ1v) is 7.39. The number of aliphatic carboxylic acids is 1. The van der Waals surface area contributed by atoms with E-state index in [0.29, 0.717) is 9.36 Å². The predicted octanol–water partition coefficient (Wildman–Crippen LogP) is 4.83. The van der Waals surface area contributed by atoms with Gasteiger partial charge >= 0.3 is 5.97 Å². The summed E-state index contributed by atoms with van der Waals surface area (Å²) in [6.45, 7) is 0. The average molecular weight is 326 g/mol. The summed E-state index contributed by atoms with van der Waals surface area (Å²) in [5.41, 5.74) is 2.39. The van der Waals surface area contributed by atoms with Gasteiger partial charge in [-0.3, -0.25) is 4.79 Å². The molecule has 0 spiro atoms. The molecule has 2 aromatic heterocycles. The molecule has 102 valence electrons. The SMILES string of the molecule is O=C(O)Cc1c(-c2ccc(Cl)s2)[nH]c2ccc(Cl)cc12. The van der Waals surface area contributed by atoms with E-state index in [0.717, 1.165) is 27.0 Å². The van der Waals surface area contributed by atoms with Crippen LogP contribution in [-0.4, -0.2) is 16.1 Å². The van der Waals surface area contributed by atoms with Gasteiger partial charge in [0.15, 0.2) is 0 Å². The van der Waals surface area contributed by atoms with Gasteiger partial charge in [0.05, 0.1) is 21.3 Å². The van der Waals surface area contributed by atoms with Crippen LogP contribution in [-0.2, 0) is 11.2 Å². The van der Waals surface area contributed by atoms with E-state index in [2.05, 4.69) is 4.98 Å². The Kier molecular flexibility index (Phi) is 3.46. The van der Waals surface area contributed by atoms with Gasteiger partial charge in [-0.05, 0) is 35.9 Å². The first-order chi connectivity index (χ1) is 9.54. The van der Waals surface area contributed by atoms with Gasteiger partial charge in [-0.1, -0.05) is 23.2 Å². The molecule has 0 aliphatic rings. The van der Waals surface area contributed by atoms with Gasteiger partial charge in [0.2, 0.25) is 0 Å². The number of aromatic nitrogens is 1. The zero-order chi connectivity index (χ0) is 14.3. The van der Waals surface area contributed by atoms with E-state index in [1.165, 1.54) is 11.3 Å². The molecular formula is C14H9Cl2NO2S. The molecule has 0 fully saturated rings. The number of carbonyl (C=O) groups is 1. The molecular weight excluding hydrogens is 317 g/mol. The van der Waals surface area contributed by atoms with Crippen molar-refractivity contribution in [2.45, 2.75) is 6.42 Å². The maximum absolute atomic E-state index is 11.1. The van der Waals surface area contributed by atoms with Crippen molar-refractivity contribution < 1.29 is 9.90 Å². The van der Waals surface area contributed by atoms with Crippen molar-refractivity contribution in [3.8, 4) is 10.6 Å². The number of H-pyrrole nitrogens is 1. The molecule has 2 heterocycles. The molecule has 0 amide bonds. The van der Waals surface area contributed by atoms with Gasteiger partial charge in [-0.25, -0.2) is 0 Å². The normalized spacial score (nSPS) is 11.1. The Balaban J connectivity index is 2.27. The van der Waals surface area contributed by atoms with E-state index in [1.54, 1.807) is 18.2 Å². The minimum absolute atomic E-state index is 0.0643. The number of hydrogen-bond acceptors (Lipinski definition) is 2. The van der Waals surface area contributed by atoms with Crippen LogP contribution in [0.5, 0.6) is 0 Å². The van der Waals surface area contributed by atoms with Gasteiger partial charge in [-0.15, -0.1) is 11.3 Å². The topological polar surface area (TPSA) is 53.1 Å². The van der Waals surface area contributed by atoms with Crippen molar-refractivity contribution in [3.63, 3.8) is 0 Å². The molecule has 0 aliphatic heterocycles. The molecule has 0 saturated carbocycles. The van der Waals surface area contributed by atoms with Crippen molar-refractivity contribution in [1.29, 1.82) is 0 Å². The predicted molar refractivity (Wildman–Crippen MR) is 83.0 cm³/mol. The lowest BCUT2D eigenvalue weighted by Crippen LogP contribution is -2.00. The summed E-state index contributed by atoms with van der Waals surface area (Å²) >= 11 is 13.4. The number of hydrogen-bond donors (Lipinski definition) is 2. The van der Waals surface area contributed by atoms with Crippen LogP contribution >= 0.6 is 34.5 Å². The number of thiophene rings is 1. The molecule has 3 nitrogen and oxygen atoms in total. The Bertz CT molecular complexity index is 807. The highest BCUT2D eigenvalue weighted by Crippen LogP contribution is 2.37. The van der Waals surface area contributed by atoms with Crippen LogP contribution in [0.2, 0.25) is 9.36 Å². The highest BCUT2D eigenvalue weighted by molar-refractivity contribution is 7.19. The Morgan fingerprint density at radius 2 is 2.05 bits per heavy atom. The second-order valence-corrected chi connectivity index (χ2v) is 6.49. The highest BCUT2D eigenvalue weighted by atomic mass is 35.5. The lowest BCUT2D eigenvalue weighted by atomic mass is 10.1. The number of carboxylic acids is 1. The molecule has 0 saturated heterocycles. The zero-order valence-corrected chi connectivity index (χ0v) is 12.4. The first-order valence-electron chi connectivity index (χ1n) is 5.82. The summed E-state index contributed by atoms with van der Waals surface area (Å²) in [7, 11) is 0. The van der Waals surface area contributed by atoms with Gasteiger partial charge in [0, 0.05) is 15.9 Å². The van der Waals surface area contributed by atoms with Crippen LogP contribution in [0.3, 0.4) is 0 Å². The van der Waals surface area contributed by atoms with Crippen LogP contribution in [0.25, 0.3) is 21.5 Å². The van der Waals surface area contributed by atoms with Crippen molar-refractivity contribution in [3.05, 3.63) is 45.3 Å². The van der Waals surface area contributed by atoms with Crippen molar-refractivity contribution in [1.82, 2.24) is 4.98 Å². The molecule has 6 heteroatoms. The average Bonchev–Trinajstić information content (AvgIpc) is 2.94. The van der Waals surface area contributed by atoms with E-state index < -0.39 is 5.97 Å². The number of benzene rings is 1. The molecule has 0 aliphatic carbocycles. The first kappa shape index (κ1) is 13.5. The van der Waals surface area contributed by atoms with Crippen LogP contribution < -0.4 is 0 Å². The lowest BCUT2D eigenvalue weighted by molar-refractivity contribution is -0.136. The van der Waals surface area contributed by atoms with E-state index in [9.17, 15) is 4.79 Å². The Morgan fingerprint density at radius 1 is 1.25 bits per heavy atom. The van der Waals surface area contributed by atoms with Gasteiger partial charge < -0.3 is 10.1 Å². The van der Waals surface area contributed by atoms with E-state index in [-0.39, 0.29) is 6.42 Å². The van der Waals surface area contributed by atoms with Crippen molar-refractivity contribution in [2.24, 2.45) is 0 Å². The van der Waals surface area contributed by atoms with Crippen LogP contribution in [0, 0.1) is 0 Å². The van der Waals surface area contributed by atoms with Gasteiger partial charge in [0.1, 0.15) is 0 Å². The van der Waals surface area contributed by atoms with E-state index in [4.69, 9.17) is 28.3 Å². The van der Waals surface area contributed by atoms with Crippen molar-refractivity contribution >= 4 is 51.4 Å². The largest absolute Gasteiger partial charge is 0.481 e. The summed E-state index contributed by atoms with van der Waals surface area (Å²) in [4.78, 5) is 15.3. The van der Waals surface area contributed by atoms with Crippen LogP contribution in [0.1, 0.15) is 5.56 Å². The molecule has 1 aromatic carbocycles. The third kappa shape index (κ3) is 2.42. The molecule has 0 atom stereocenters. The van der Waals surface area contributed by atoms with E-state index >= 15 is 0 Å². The number of aromatic amines is 1. The molecule has 3 rings (SSSR count). The second-order valence-electron chi connectivity index (χ2n) is 4.34. The maximum atomic E-state index is 11.1. The Morgan fingerprint density at radius 3 is 2.70 bits per heavy atom. The third-order valence-electron chi connectivity index (χ3n) is 3.02. The smallest absolute Gasteiger partial charge is 0.307 e. The molecule has 3 aromatic rings. The number of rotatable bonds is 3. The van der Waals surface area contributed by atoms with Crippen LogP contribution in [0.4, 0.5) is 0 Å². The van der Waals surface area contributed by atoms with E-state index in [1.807, 2.05) is 12.1 Å². The molecule has 20 heavy (non-hydrogen) atoms. The number of nitrogens with one attached hydrogen (secondary N) is 1. The zero-order valence-electron chi connectivity index (χ0n) is 10.1. The number of halogens is 2. The summed E-state index contributed by atoms with van der Waals surface area (Å²) < 4.78 is 0.665. The third-order valence-corrected chi connectivity index (χ3v) is 4.50. The minimum Gasteiger partial charge on any atom is -0.481 e. The standard InChI is InChI=1S/C14H9Cl2NO2S/c15-7-1-2-10-8(5-7)9(6-13(18)19)14(17-10)11-3-4-12(16)20-11/h1-5,17H,6H2,(H,18,19). The second kappa shape index (κ2) is 5.13. The molecule has 0 unspecified atom stereocenters. The van der Waals surface area contributed by atoms with Crippen LogP contribution in [0.15, 0.2) is 30.3 Å². The monoisotopic (exact) mass is 325 g/mol. The fourth-order valence-electron chi connectivity index (χ4n) is 2.21. The minimum atomic E-state index is -0.880. The summed E-state index contributed by atoms with van der Waals surface area (Å²) in [5, 5.41) is 10.5. The Labute approximate surface area is 128 Å². The maximum Gasteiger partial charge on any atom is 0.307 e. The van der Waals surface area contributed by atoms with Gasteiger partial charge in [-0.2, -0.15) is 0 Å². The molecule has 0 radical (unpaired) electrons. The summed E-state index contributed by atoms with van der Waals surface area (Å²) in [5.74, 6) is -0.880. The highest BCUT2D eigenvalue weighted by Gasteiger charge is 2.17. The summed E-state index contributed by atoms with van der Waals surface area (Å²) in [6.07, 6.45) is -0.0643. The molecule has 2 N–H and O–H groups in total. The quantitative estimate of drug-likeness (QED) is 0.724. The van der Waals surface area contributed by atoms with Crippen molar-refractivity contribution in [2.75, 3.05) is 0 Å². The number of carboxylic acid groups (broad SMARTS) is 1. The lowest BCUT2D eigenvalue weighted by Gasteiger charge is -2.00. The summed E-state index contributed by atoms with van der Waals surface area (Å²) in [6, 6.07) is 9.08. The Hall–Kier alpha value is -1.49. The fraction of sp³-hybridized carbons (Fsp3) is 0.0714. The fourth-order valence-corrected chi connectivity index (χ4v) is 3.46. The number of fused-ring (bicyclic) bond motifs is 1. The van der Waals surface area contributed by atoms with Gasteiger partial charge in [0.25, 0.3) is 0 Å².